The molecule has 2 aromatic carbocycles. The third kappa shape index (κ3) is 3.86. The molecule has 1 heterocycles. The van der Waals surface area contributed by atoms with Crippen molar-refractivity contribution in [1.82, 2.24) is 9.78 Å². The van der Waals surface area contributed by atoms with Crippen molar-refractivity contribution in [2.24, 2.45) is 4.99 Å². The Hall–Kier alpha value is -3.41. The van der Waals surface area contributed by atoms with Crippen LogP contribution in [0.3, 0.4) is 0 Å². The monoisotopic (exact) mass is 321 g/mol. The van der Waals surface area contributed by atoms with Gasteiger partial charge in [0.2, 0.25) is 0 Å². The van der Waals surface area contributed by atoms with Crippen LogP contribution in [0.5, 0.6) is 11.5 Å². The van der Waals surface area contributed by atoms with E-state index in [9.17, 15) is 4.79 Å². The van der Waals surface area contributed by atoms with Crippen LogP contribution in [0.1, 0.15) is 0 Å². The molecule has 0 saturated carbocycles. The van der Waals surface area contributed by atoms with Gasteiger partial charge in [0.05, 0.1) is 24.4 Å². The molecule has 3 rings (SSSR count). The molecule has 0 atom stereocenters. The van der Waals surface area contributed by atoms with E-state index >= 15 is 0 Å². The number of methoxy groups -OCH3 is 1. The van der Waals surface area contributed by atoms with Gasteiger partial charge in [0, 0.05) is 12.3 Å². The smallest absolute Gasteiger partial charge is 0.439 e. The van der Waals surface area contributed by atoms with E-state index in [2.05, 4.69) is 10.1 Å². The maximum Gasteiger partial charge on any atom is 0.439 e. The summed E-state index contributed by atoms with van der Waals surface area (Å²) in [5, 5.41) is 4.64. The number of carbonyl (C=O) groups excluding carboxylic acids is 1. The van der Waals surface area contributed by atoms with Crippen LogP contribution in [0.2, 0.25) is 0 Å². The third-order valence-corrected chi connectivity index (χ3v) is 3.19. The van der Waals surface area contributed by atoms with Crippen LogP contribution < -0.4 is 14.8 Å². The molecular formula is C18H15N3O3. The molecule has 24 heavy (non-hydrogen) atoms. The quantitative estimate of drug-likeness (QED) is 0.744. The molecule has 0 aliphatic rings. The number of nitrogens with zero attached hydrogens (tertiary/aromatic N) is 3. The minimum absolute atomic E-state index is 0.367. The first-order chi connectivity index (χ1) is 11.7. The molecule has 0 bridgehead atoms. The van der Waals surface area contributed by atoms with Crippen molar-refractivity contribution in [3.8, 4) is 17.2 Å². The van der Waals surface area contributed by atoms with Crippen molar-refractivity contribution in [1.29, 1.82) is 0 Å². The number of para-hydroxylation sites is 1. The van der Waals surface area contributed by atoms with Crippen LogP contribution in [0.15, 0.2) is 78.0 Å². The topological polar surface area (TPSA) is 65.7 Å². The first-order valence-corrected chi connectivity index (χ1v) is 7.25. The fourth-order valence-corrected chi connectivity index (χ4v) is 2.04. The van der Waals surface area contributed by atoms with E-state index in [1.165, 1.54) is 6.20 Å². The Morgan fingerprint density at radius 3 is 2.54 bits per heavy atom. The van der Waals surface area contributed by atoms with Gasteiger partial charge in [-0.15, -0.1) is 0 Å². The largest absolute Gasteiger partial charge is 0.497 e. The maximum atomic E-state index is 11.9. The van der Waals surface area contributed by atoms with Crippen molar-refractivity contribution in [2.45, 2.75) is 0 Å². The second-order valence-corrected chi connectivity index (χ2v) is 4.82. The second-order valence-electron chi connectivity index (χ2n) is 4.82. The number of hydrogen-bond acceptors (Lipinski definition) is 4. The highest BCUT2D eigenvalue weighted by Crippen LogP contribution is 2.19. The molecule has 0 unspecified atom stereocenters. The minimum atomic E-state index is -0.720. The highest BCUT2D eigenvalue weighted by Gasteiger charge is 2.03. The highest BCUT2D eigenvalue weighted by atomic mass is 16.5. The van der Waals surface area contributed by atoms with Gasteiger partial charge in [0.15, 0.2) is 0 Å². The molecule has 0 aliphatic carbocycles. The van der Waals surface area contributed by atoms with E-state index in [0.717, 1.165) is 5.69 Å². The van der Waals surface area contributed by atoms with Crippen molar-refractivity contribution in [3.05, 3.63) is 78.4 Å². The molecule has 6 nitrogen and oxygen atoms in total. The SMILES string of the molecule is COc1cccc(OC(=O)/N=c2\ccn(-c3ccccc3)nc2)c1. The number of amides is 1. The van der Waals surface area contributed by atoms with Crippen LogP contribution in [-0.2, 0) is 0 Å². The van der Waals surface area contributed by atoms with Gasteiger partial charge in [-0.25, -0.2) is 9.48 Å². The number of aromatic nitrogens is 2. The van der Waals surface area contributed by atoms with E-state index in [-0.39, 0.29) is 0 Å². The van der Waals surface area contributed by atoms with E-state index in [4.69, 9.17) is 9.47 Å². The van der Waals surface area contributed by atoms with Gasteiger partial charge in [-0.2, -0.15) is 10.1 Å². The molecule has 1 aromatic heterocycles. The fourth-order valence-electron chi connectivity index (χ4n) is 2.04. The van der Waals surface area contributed by atoms with E-state index in [1.807, 2.05) is 30.3 Å². The van der Waals surface area contributed by atoms with Gasteiger partial charge >= 0.3 is 6.09 Å². The lowest BCUT2D eigenvalue weighted by atomic mass is 10.3. The summed E-state index contributed by atoms with van der Waals surface area (Å²) in [7, 11) is 1.54. The highest BCUT2D eigenvalue weighted by molar-refractivity contribution is 5.71. The second kappa shape index (κ2) is 7.23. The zero-order valence-corrected chi connectivity index (χ0v) is 13.0. The standard InChI is InChI=1S/C18H15N3O3/c1-23-16-8-5-9-17(12-16)24-18(22)20-14-10-11-21(19-13-14)15-6-3-2-4-7-15/h2-13H,1H3/b20-14+. The molecule has 0 fully saturated rings. The lowest BCUT2D eigenvalue weighted by Crippen LogP contribution is -2.13. The van der Waals surface area contributed by atoms with E-state index in [0.29, 0.717) is 16.9 Å². The molecule has 0 radical (unpaired) electrons. The zero-order valence-electron chi connectivity index (χ0n) is 13.0. The molecule has 0 aliphatic heterocycles. The van der Waals surface area contributed by atoms with Gasteiger partial charge in [-0.05, 0) is 30.3 Å². The molecule has 3 aromatic rings. The van der Waals surface area contributed by atoms with Crippen molar-refractivity contribution in [2.75, 3.05) is 7.11 Å². The fraction of sp³-hybridized carbons (Fsp3) is 0.0556. The van der Waals surface area contributed by atoms with Crippen LogP contribution >= 0.6 is 0 Å². The van der Waals surface area contributed by atoms with Gasteiger partial charge in [0.1, 0.15) is 11.5 Å². The Labute approximate surface area is 138 Å². The van der Waals surface area contributed by atoms with E-state index in [1.54, 1.807) is 48.3 Å². The predicted molar refractivity (Wildman–Crippen MR) is 88.1 cm³/mol. The lowest BCUT2D eigenvalue weighted by molar-refractivity contribution is 0.210. The molecule has 120 valence electrons. The van der Waals surface area contributed by atoms with Crippen LogP contribution in [0.25, 0.3) is 5.69 Å². The normalized spacial score (nSPS) is 11.1. The summed E-state index contributed by atoms with van der Waals surface area (Å²) in [5.41, 5.74) is 0.919. The summed E-state index contributed by atoms with van der Waals surface area (Å²) in [5.74, 6) is 0.969. The average molecular weight is 321 g/mol. The zero-order chi connectivity index (χ0) is 16.8. The van der Waals surface area contributed by atoms with Crippen LogP contribution in [0.4, 0.5) is 4.79 Å². The molecule has 0 N–H and O–H groups in total. The first-order valence-electron chi connectivity index (χ1n) is 7.25. The summed E-state index contributed by atoms with van der Waals surface area (Å²) in [6, 6.07) is 18.1. The summed E-state index contributed by atoms with van der Waals surface area (Å²) in [6.07, 6.45) is 2.51. The van der Waals surface area contributed by atoms with Gasteiger partial charge in [-0.1, -0.05) is 24.3 Å². The van der Waals surface area contributed by atoms with Crippen LogP contribution in [0, 0.1) is 0 Å². The molecular weight excluding hydrogens is 306 g/mol. The Balaban J connectivity index is 1.74. The summed E-state index contributed by atoms with van der Waals surface area (Å²) < 4.78 is 11.9. The Bertz CT molecular complexity index is 884. The summed E-state index contributed by atoms with van der Waals surface area (Å²) in [4.78, 5) is 15.7. The summed E-state index contributed by atoms with van der Waals surface area (Å²) in [6.45, 7) is 0. The van der Waals surface area contributed by atoms with Gasteiger partial charge in [0.25, 0.3) is 0 Å². The van der Waals surface area contributed by atoms with Crippen molar-refractivity contribution >= 4 is 6.09 Å². The number of benzene rings is 2. The minimum Gasteiger partial charge on any atom is -0.497 e. The first kappa shape index (κ1) is 15.5. The molecule has 0 saturated heterocycles. The third-order valence-electron chi connectivity index (χ3n) is 3.19. The molecule has 1 amide bonds. The average Bonchev–Trinajstić information content (AvgIpc) is 2.63. The Kier molecular flexibility index (Phi) is 4.67. The number of ether oxygens (including phenoxy) is 2. The molecule has 6 heteroatoms. The Morgan fingerprint density at radius 1 is 1.04 bits per heavy atom. The van der Waals surface area contributed by atoms with Crippen molar-refractivity contribution in [3.63, 3.8) is 0 Å². The maximum absolute atomic E-state index is 11.9. The van der Waals surface area contributed by atoms with Crippen molar-refractivity contribution < 1.29 is 14.3 Å². The number of rotatable bonds is 3. The molecule has 0 spiro atoms. The predicted octanol–water partition coefficient (Wildman–Crippen LogP) is 2.98. The van der Waals surface area contributed by atoms with Gasteiger partial charge < -0.3 is 9.47 Å². The lowest BCUT2D eigenvalue weighted by Gasteiger charge is -2.04. The number of carbonyl (C=O) groups is 1. The van der Waals surface area contributed by atoms with Gasteiger partial charge in [-0.3, -0.25) is 0 Å². The van der Waals surface area contributed by atoms with E-state index < -0.39 is 6.09 Å². The van der Waals surface area contributed by atoms with Crippen LogP contribution in [-0.4, -0.2) is 23.0 Å². The number of hydrogen-bond donors (Lipinski definition) is 0. The Morgan fingerprint density at radius 2 is 1.83 bits per heavy atom. The summed E-state index contributed by atoms with van der Waals surface area (Å²) >= 11 is 0.